The number of carbonyl (C=O) groups excluding carboxylic acids is 2. The van der Waals surface area contributed by atoms with Gasteiger partial charge in [-0.3, -0.25) is 14.4 Å². The molecular formula is C24H22I2N2O4. The van der Waals surface area contributed by atoms with Crippen molar-refractivity contribution in [3.63, 3.8) is 0 Å². The summed E-state index contributed by atoms with van der Waals surface area (Å²) in [5.74, 6) is -0.779. The molecule has 0 saturated heterocycles. The average Bonchev–Trinajstić information content (AvgIpc) is 2.80. The molecule has 0 atom stereocenters. The van der Waals surface area contributed by atoms with E-state index >= 15 is 0 Å². The smallest absolute Gasteiger partial charge is 0.326 e. The molecule has 0 fully saturated rings. The molecule has 8 heteroatoms. The third-order valence-electron chi connectivity index (χ3n) is 4.74. The Bertz CT molecular complexity index is 1090. The fraction of sp³-hybridized carbons (Fsp3) is 0.208. The van der Waals surface area contributed by atoms with Crippen LogP contribution in [0.25, 0.3) is 0 Å². The van der Waals surface area contributed by atoms with Crippen molar-refractivity contribution < 1.29 is 14.3 Å². The van der Waals surface area contributed by atoms with E-state index in [1.165, 1.54) is 0 Å². The zero-order valence-corrected chi connectivity index (χ0v) is 21.6. The lowest BCUT2D eigenvalue weighted by molar-refractivity contribution is -0.152. The highest BCUT2D eigenvalue weighted by Gasteiger charge is 2.17. The first-order valence-corrected chi connectivity index (χ1v) is 12.1. The molecule has 0 radical (unpaired) electrons. The molecule has 1 amide bonds. The summed E-state index contributed by atoms with van der Waals surface area (Å²) >= 11 is 3.87. The summed E-state index contributed by atoms with van der Waals surface area (Å²) in [6.45, 7) is 0.572. The van der Waals surface area contributed by atoms with Crippen LogP contribution in [0.1, 0.15) is 11.1 Å². The molecule has 1 aromatic heterocycles. The molecule has 2 aromatic carbocycles. The molecule has 0 aliphatic heterocycles. The van der Waals surface area contributed by atoms with Gasteiger partial charge in [0.05, 0.1) is 7.14 Å². The molecule has 6 nitrogen and oxygen atoms in total. The van der Waals surface area contributed by atoms with Crippen molar-refractivity contribution in [3.05, 3.63) is 102 Å². The number of amides is 1. The first-order valence-electron chi connectivity index (χ1n) is 9.98. The minimum atomic E-state index is -0.531. The molecule has 32 heavy (non-hydrogen) atoms. The standard InChI is InChI=1S/C24H22I2N2O4/c25-20-14-27(15-21(26)24(20)31)16-23(30)32-17-22(29)28(13-19-9-5-2-6-10-19)12-11-18-7-3-1-4-8-18/h1-10,14-15H,11-13,16-17H2. The van der Waals surface area contributed by atoms with Crippen LogP contribution in [-0.4, -0.2) is 34.5 Å². The number of rotatable bonds is 9. The largest absolute Gasteiger partial charge is 0.454 e. The molecule has 3 aromatic rings. The maximum Gasteiger partial charge on any atom is 0.326 e. The van der Waals surface area contributed by atoms with Crippen LogP contribution < -0.4 is 5.43 Å². The Hall–Kier alpha value is -2.21. The van der Waals surface area contributed by atoms with Gasteiger partial charge in [0.15, 0.2) is 6.61 Å². The number of pyridine rings is 1. The van der Waals surface area contributed by atoms with Crippen molar-refractivity contribution in [1.82, 2.24) is 9.47 Å². The van der Waals surface area contributed by atoms with Gasteiger partial charge in [0.1, 0.15) is 6.54 Å². The van der Waals surface area contributed by atoms with Crippen molar-refractivity contribution in [2.75, 3.05) is 13.2 Å². The second kappa shape index (κ2) is 12.1. The van der Waals surface area contributed by atoms with Crippen molar-refractivity contribution in [2.45, 2.75) is 19.5 Å². The number of ether oxygens (including phenoxy) is 1. The van der Waals surface area contributed by atoms with Crippen LogP contribution >= 0.6 is 45.2 Å². The monoisotopic (exact) mass is 656 g/mol. The topological polar surface area (TPSA) is 68.6 Å². The van der Waals surface area contributed by atoms with E-state index in [1.807, 2.05) is 106 Å². The van der Waals surface area contributed by atoms with E-state index in [9.17, 15) is 14.4 Å². The van der Waals surface area contributed by atoms with Crippen LogP contribution in [0.15, 0.2) is 77.9 Å². The quantitative estimate of drug-likeness (QED) is 0.259. The van der Waals surface area contributed by atoms with Gasteiger partial charge in [-0.15, -0.1) is 0 Å². The lowest BCUT2D eigenvalue weighted by Crippen LogP contribution is -2.36. The van der Waals surface area contributed by atoms with E-state index in [2.05, 4.69) is 0 Å². The number of halogens is 2. The Balaban J connectivity index is 1.60. The van der Waals surface area contributed by atoms with E-state index in [0.717, 1.165) is 11.1 Å². The summed E-state index contributed by atoms with van der Waals surface area (Å²) in [6.07, 6.45) is 3.90. The summed E-state index contributed by atoms with van der Waals surface area (Å²) in [5, 5.41) is 0. The van der Waals surface area contributed by atoms with E-state index in [0.29, 0.717) is 26.7 Å². The van der Waals surface area contributed by atoms with Crippen molar-refractivity contribution in [1.29, 1.82) is 0 Å². The number of benzene rings is 2. The van der Waals surface area contributed by atoms with Gasteiger partial charge in [0, 0.05) is 25.5 Å². The first-order chi connectivity index (χ1) is 15.4. The number of hydrogen-bond acceptors (Lipinski definition) is 4. The number of carbonyl (C=O) groups is 2. The Morgan fingerprint density at radius 1 is 0.875 bits per heavy atom. The van der Waals surface area contributed by atoms with Crippen molar-refractivity contribution in [3.8, 4) is 0 Å². The summed E-state index contributed by atoms with van der Waals surface area (Å²) < 4.78 is 7.89. The minimum Gasteiger partial charge on any atom is -0.454 e. The maximum atomic E-state index is 12.9. The summed E-state index contributed by atoms with van der Waals surface area (Å²) in [6, 6.07) is 19.7. The summed E-state index contributed by atoms with van der Waals surface area (Å²) in [4.78, 5) is 38.7. The number of nitrogens with zero attached hydrogens (tertiary/aromatic N) is 2. The highest BCUT2D eigenvalue weighted by atomic mass is 127. The Kier molecular flexibility index (Phi) is 9.27. The van der Waals surface area contributed by atoms with Gasteiger partial charge in [-0.1, -0.05) is 60.7 Å². The van der Waals surface area contributed by atoms with Gasteiger partial charge >= 0.3 is 5.97 Å². The van der Waals surface area contributed by atoms with Gasteiger partial charge in [-0.25, -0.2) is 0 Å². The minimum absolute atomic E-state index is 0.0672. The van der Waals surface area contributed by atoms with Gasteiger partial charge in [-0.2, -0.15) is 0 Å². The van der Waals surface area contributed by atoms with Crippen LogP contribution in [0.3, 0.4) is 0 Å². The number of hydrogen-bond donors (Lipinski definition) is 0. The van der Waals surface area contributed by atoms with Crippen LogP contribution in [-0.2, 0) is 33.8 Å². The molecule has 0 aliphatic carbocycles. The van der Waals surface area contributed by atoms with E-state index in [1.54, 1.807) is 21.9 Å². The summed E-state index contributed by atoms with van der Waals surface area (Å²) in [5.41, 5.74) is 2.08. The Morgan fingerprint density at radius 3 is 2.03 bits per heavy atom. The predicted molar refractivity (Wildman–Crippen MR) is 139 cm³/mol. The SMILES string of the molecule is O=C(Cn1cc(I)c(=O)c(I)c1)OCC(=O)N(CCc1ccccc1)Cc1ccccc1. The van der Waals surface area contributed by atoms with E-state index in [-0.39, 0.29) is 24.5 Å². The van der Waals surface area contributed by atoms with Crippen LogP contribution in [0, 0.1) is 7.14 Å². The molecular weight excluding hydrogens is 634 g/mol. The van der Waals surface area contributed by atoms with Gasteiger partial charge < -0.3 is 14.2 Å². The average molecular weight is 656 g/mol. The second-order valence-corrected chi connectivity index (χ2v) is 9.48. The molecule has 0 bridgehead atoms. The van der Waals surface area contributed by atoms with Crippen LogP contribution in [0.2, 0.25) is 0 Å². The lowest BCUT2D eigenvalue weighted by atomic mass is 10.1. The maximum absolute atomic E-state index is 12.9. The Labute approximate surface area is 213 Å². The third-order valence-corrected chi connectivity index (χ3v) is 6.28. The van der Waals surface area contributed by atoms with Gasteiger partial charge in [0.2, 0.25) is 5.43 Å². The molecule has 3 rings (SSSR count). The zero-order valence-electron chi connectivity index (χ0n) is 17.2. The molecule has 0 unspecified atom stereocenters. The zero-order chi connectivity index (χ0) is 22.9. The summed E-state index contributed by atoms with van der Waals surface area (Å²) in [7, 11) is 0. The molecule has 0 saturated carbocycles. The predicted octanol–water partition coefficient (Wildman–Crippen LogP) is 3.87. The Morgan fingerprint density at radius 2 is 1.44 bits per heavy atom. The van der Waals surface area contributed by atoms with E-state index < -0.39 is 5.97 Å². The van der Waals surface area contributed by atoms with Crippen molar-refractivity contribution in [2.24, 2.45) is 0 Å². The second-order valence-electron chi connectivity index (χ2n) is 7.15. The van der Waals surface area contributed by atoms with Gasteiger partial charge in [-0.05, 0) is 62.7 Å². The first kappa shape index (κ1) is 24.4. The molecule has 0 N–H and O–H groups in total. The fourth-order valence-electron chi connectivity index (χ4n) is 3.08. The molecule has 1 heterocycles. The number of esters is 1. The van der Waals surface area contributed by atoms with Crippen molar-refractivity contribution >= 4 is 57.1 Å². The van der Waals surface area contributed by atoms with Crippen LogP contribution in [0.5, 0.6) is 0 Å². The van der Waals surface area contributed by atoms with E-state index in [4.69, 9.17) is 4.74 Å². The highest BCUT2D eigenvalue weighted by molar-refractivity contribution is 14.1. The third kappa shape index (κ3) is 7.44. The molecule has 0 aliphatic rings. The number of aromatic nitrogens is 1. The van der Waals surface area contributed by atoms with Gasteiger partial charge in [0.25, 0.3) is 5.91 Å². The normalized spacial score (nSPS) is 10.6. The molecule has 0 spiro atoms. The van der Waals surface area contributed by atoms with Crippen LogP contribution in [0.4, 0.5) is 0 Å². The fourth-order valence-corrected chi connectivity index (χ4v) is 4.90. The highest BCUT2D eigenvalue weighted by Crippen LogP contribution is 2.09. The lowest BCUT2D eigenvalue weighted by Gasteiger charge is -2.23. The molecule has 166 valence electrons.